The zero-order valence-corrected chi connectivity index (χ0v) is 18.0. The molecule has 2 heterocycles. The molecule has 0 saturated carbocycles. The Morgan fingerprint density at radius 3 is 2.47 bits per heavy atom. The number of hydrogen-bond acceptors (Lipinski definition) is 4. The summed E-state index contributed by atoms with van der Waals surface area (Å²) in [5.41, 5.74) is 4.42. The highest BCUT2D eigenvalue weighted by Gasteiger charge is 2.34. The van der Waals surface area contributed by atoms with Gasteiger partial charge in [-0.15, -0.1) is 0 Å². The van der Waals surface area contributed by atoms with Crippen molar-refractivity contribution in [3.05, 3.63) is 64.7 Å². The van der Waals surface area contributed by atoms with Crippen molar-refractivity contribution in [3.63, 3.8) is 0 Å². The van der Waals surface area contributed by atoms with Gasteiger partial charge in [0.2, 0.25) is 5.91 Å². The van der Waals surface area contributed by atoms with Gasteiger partial charge in [0.05, 0.1) is 11.7 Å². The number of carbonyl (C=O) groups is 1. The summed E-state index contributed by atoms with van der Waals surface area (Å²) < 4.78 is 0. The van der Waals surface area contributed by atoms with E-state index < -0.39 is 11.7 Å². The van der Waals surface area contributed by atoms with E-state index >= 15 is 0 Å². The van der Waals surface area contributed by atoms with E-state index in [-0.39, 0.29) is 5.91 Å². The third kappa shape index (κ3) is 4.15. The Labute approximate surface area is 178 Å². The summed E-state index contributed by atoms with van der Waals surface area (Å²) in [5.74, 6) is 0.149. The van der Waals surface area contributed by atoms with Gasteiger partial charge in [-0.25, -0.2) is 0 Å². The molecule has 1 saturated heterocycles. The van der Waals surface area contributed by atoms with Gasteiger partial charge in [0.15, 0.2) is 0 Å². The van der Waals surface area contributed by atoms with Crippen LogP contribution in [0, 0.1) is 6.92 Å². The Balaban J connectivity index is 1.37. The molecule has 1 amide bonds. The first-order valence-electron chi connectivity index (χ1n) is 11.0. The standard InChI is InChI=1S/C25H32N2O3/c1-3-24(29)27-13-10-19-16-20(6-9-22(19)27)23(28)17-26-14-11-25(30,12-15-26)21-7-4-18(2)5-8-21/h4-9,16,23,28,30H,3,10-15,17H2,1-2H3/t23-/m0/s1. The molecule has 2 aliphatic rings. The minimum absolute atomic E-state index is 0.149. The number of aryl methyl sites for hydroxylation is 1. The monoisotopic (exact) mass is 408 g/mol. The minimum Gasteiger partial charge on any atom is -0.387 e. The summed E-state index contributed by atoms with van der Waals surface area (Å²) in [6, 6.07) is 14.1. The van der Waals surface area contributed by atoms with Gasteiger partial charge in [0, 0.05) is 38.3 Å². The third-order valence-electron chi connectivity index (χ3n) is 6.69. The van der Waals surface area contributed by atoms with Crippen LogP contribution in [0.2, 0.25) is 0 Å². The first kappa shape index (κ1) is 21.0. The van der Waals surface area contributed by atoms with Gasteiger partial charge in [-0.1, -0.05) is 48.9 Å². The lowest BCUT2D eigenvalue weighted by molar-refractivity contribution is -0.118. The molecule has 0 radical (unpaired) electrons. The molecular formula is C25H32N2O3. The van der Waals surface area contributed by atoms with Crippen LogP contribution in [0.5, 0.6) is 0 Å². The van der Waals surface area contributed by atoms with Crippen LogP contribution in [0.15, 0.2) is 42.5 Å². The van der Waals surface area contributed by atoms with E-state index in [0.29, 0.717) is 25.8 Å². The van der Waals surface area contributed by atoms with Gasteiger partial charge in [-0.3, -0.25) is 4.79 Å². The minimum atomic E-state index is -0.780. The van der Waals surface area contributed by atoms with Crippen molar-refractivity contribution < 1.29 is 15.0 Å². The van der Waals surface area contributed by atoms with Crippen molar-refractivity contribution in [1.82, 2.24) is 4.90 Å². The molecule has 0 spiro atoms. The van der Waals surface area contributed by atoms with E-state index in [4.69, 9.17) is 0 Å². The number of benzene rings is 2. The number of β-amino-alcohol motifs (C(OH)–C–C–N with tert-alkyl or cyclic N) is 1. The van der Waals surface area contributed by atoms with Crippen LogP contribution < -0.4 is 4.90 Å². The van der Waals surface area contributed by atoms with E-state index in [1.165, 1.54) is 5.56 Å². The number of anilines is 1. The number of amides is 1. The van der Waals surface area contributed by atoms with Gasteiger partial charge in [0.1, 0.15) is 0 Å². The molecule has 2 N–H and O–H groups in total. The number of nitrogens with zero attached hydrogens (tertiary/aromatic N) is 2. The largest absolute Gasteiger partial charge is 0.387 e. The van der Waals surface area contributed by atoms with E-state index in [1.54, 1.807) is 0 Å². The molecule has 0 aliphatic carbocycles. The maximum absolute atomic E-state index is 12.1. The van der Waals surface area contributed by atoms with Gasteiger partial charge in [0.25, 0.3) is 0 Å². The van der Waals surface area contributed by atoms with Gasteiger partial charge in [-0.2, -0.15) is 0 Å². The topological polar surface area (TPSA) is 64.0 Å². The Morgan fingerprint density at radius 2 is 1.80 bits per heavy atom. The van der Waals surface area contributed by atoms with Crippen molar-refractivity contribution in [2.24, 2.45) is 0 Å². The van der Waals surface area contributed by atoms with E-state index in [0.717, 1.165) is 48.4 Å². The highest BCUT2D eigenvalue weighted by atomic mass is 16.3. The highest BCUT2D eigenvalue weighted by molar-refractivity contribution is 5.95. The number of hydrogen-bond donors (Lipinski definition) is 2. The Bertz CT molecular complexity index is 901. The SMILES string of the molecule is CCC(=O)N1CCc2cc([C@@H](O)CN3CCC(O)(c4ccc(C)cc4)CC3)ccc21. The molecule has 1 atom stereocenters. The molecule has 30 heavy (non-hydrogen) atoms. The van der Waals surface area contributed by atoms with Crippen molar-refractivity contribution in [1.29, 1.82) is 0 Å². The van der Waals surface area contributed by atoms with E-state index in [2.05, 4.69) is 17.9 Å². The van der Waals surface area contributed by atoms with Crippen LogP contribution in [0.4, 0.5) is 5.69 Å². The van der Waals surface area contributed by atoms with Gasteiger partial charge in [-0.05, 0) is 48.9 Å². The Morgan fingerprint density at radius 1 is 1.10 bits per heavy atom. The van der Waals surface area contributed by atoms with Gasteiger partial charge >= 0.3 is 0 Å². The zero-order valence-electron chi connectivity index (χ0n) is 18.0. The second-order valence-electron chi connectivity index (χ2n) is 8.75. The molecule has 160 valence electrons. The first-order chi connectivity index (χ1) is 14.4. The zero-order chi connectivity index (χ0) is 21.3. The van der Waals surface area contributed by atoms with Crippen LogP contribution >= 0.6 is 0 Å². The van der Waals surface area contributed by atoms with Crippen LogP contribution in [0.3, 0.4) is 0 Å². The second-order valence-corrected chi connectivity index (χ2v) is 8.75. The number of aliphatic hydroxyl groups excluding tert-OH is 1. The molecular weight excluding hydrogens is 376 g/mol. The molecule has 0 unspecified atom stereocenters. The molecule has 5 nitrogen and oxygen atoms in total. The molecule has 0 aromatic heterocycles. The van der Waals surface area contributed by atoms with Gasteiger partial charge < -0.3 is 20.0 Å². The molecule has 0 bridgehead atoms. The first-order valence-corrected chi connectivity index (χ1v) is 11.0. The maximum atomic E-state index is 12.1. The van der Waals surface area contributed by atoms with E-state index in [1.807, 2.05) is 48.2 Å². The van der Waals surface area contributed by atoms with Crippen LogP contribution in [0.1, 0.15) is 54.5 Å². The lowest BCUT2D eigenvalue weighted by atomic mass is 9.84. The average molecular weight is 409 g/mol. The summed E-state index contributed by atoms with van der Waals surface area (Å²) >= 11 is 0. The predicted molar refractivity (Wildman–Crippen MR) is 118 cm³/mol. The van der Waals surface area contributed by atoms with Crippen LogP contribution in [0.25, 0.3) is 0 Å². The number of fused-ring (bicyclic) bond motifs is 1. The van der Waals surface area contributed by atoms with Crippen molar-refractivity contribution in [3.8, 4) is 0 Å². The lowest BCUT2D eigenvalue weighted by Crippen LogP contribution is -2.43. The van der Waals surface area contributed by atoms with E-state index in [9.17, 15) is 15.0 Å². The Kier molecular flexibility index (Phi) is 5.96. The third-order valence-corrected chi connectivity index (χ3v) is 6.69. The fraction of sp³-hybridized carbons (Fsp3) is 0.480. The van der Waals surface area contributed by atoms with Crippen LogP contribution in [-0.2, 0) is 16.8 Å². The molecule has 2 aliphatic heterocycles. The fourth-order valence-corrected chi connectivity index (χ4v) is 4.69. The molecule has 5 heteroatoms. The number of piperidine rings is 1. The summed E-state index contributed by atoms with van der Waals surface area (Å²) in [7, 11) is 0. The average Bonchev–Trinajstić information content (AvgIpc) is 3.18. The highest BCUT2D eigenvalue weighted by Crippen LogP contribution is 2.34. The number of rotatable bonds is 5. The summed E-state index contributed by atoms with van der Waals surface area (Å²) in [4.78, 5) is 16.2. The Hall–Kier alpha value is -2.21. The summed E-state index contributed by atoms with van der Waals surface area (Å²) in [6.45, 7) is 6.73. The quantitative estimate of drug-likeness (QED) is 0.797. The number of likely N-dealkylation sites (tertiary alicyclic amines) is 1. The smallest absolute Gasteiger partial charge is 0.226 e. The van der Waals surface area contributed by atoms with Crippen molar-refractivity contribution in [2.75, 3.05) is 31.1 Å². The molecule has 2 aromatic carbocycles. The lowest BCUT2D eigenvalue weighted by Gasteiger charge is -2.39. The number of carbonyl (C=O) groups excluding carboxylic acids is 1. The normalized spacial score (nSPS) is 19.5. The van der Waals surface area contributed by atoms with Crippen molar-refractivity contribution >= 4 is 11.6 Å². The maximum Gasteiger partial charge on any atom is 0.226 e. The summed E-state index contributed by atoms with van der Waals surface area (Å²) in [6.07, 6.45) is 2.11. The number of aliphatic hydroxyl groups is 2. The molecule has 4 rings (SSSR count). The molecule has 1 fully saturated rings. The predicted octanol–water partition coefficient (Wildman–Crippen LogP) is 3.31. The fourth-order valence-electron chi connectivity index (χ4n) is 4.69. The van der Waals surface area contributed by atoms with Crippen LogP contribution in [-0.4, -0.2) is 47.2 Å². The van der Waals surface area contributed by atoms with Crippen molar-refractivity contribution in [2.45, 2.75) is 51.2 Å². The second kappa shape index (κ2) is 8.50. The molecule has 2 aromatic rings. The summed E-state index contributed by atoms with van der Waals surface area (Å²) in [5, 5.41) is 21.9.